The molecule has 1 amide bonds. The third kappa shape index (κ3) is 4.58. The smallest absolute Gasteiger partial charge is 0.237 e. The molecule has 0 bridgehead atoms. The lowest BCUT2D eigenvalue weighted by Crippen LogP contribution is -2.47. The van der Waals surface area contributed by atoms with Crippen molar-refractivity contribution in [1.29, 1.82) is 0 Å². The van der Waals surface area contributed by atoms with Crippen LogP contribution >= 0.6 is 12.6 Å². The van der Waals surface area contributed by atoms with Crippen molar-refractivity contribution in [2.75, 3.05) is 5.75 Å². The van der Waals surface area contributed by atoms with Crippen molar-refractivity contribution in [3.63, 3.8) is 0 Å². The second kappa shape index (κ2) is 7.09. The average molecular weight is 252 g/mol. The Bertz CT molecular complexity index is 370. The van der Waals surface area contributed by atoms with Crippen LogP contribution in [0.5, 0.6) is 0 Å². The molecule has 1 aromatic rings. The molecule has 1 rings (SSSR count). The monoisotopic (exact) mass is 252 g/mol. The Morgan fingerprint density at radius 2 is 2.06 bits per heavy atom. The van der Waals surface area contributed by atoms with Gasteiger partial charge in [0, 0.05) is 5.75 Å². The molecule has 0 saturated heterocycles. The molecule has 0 fully saturated rings. The van der Waals surface area contributed by atoms with E-state index >= 15 is 0 Å². The summed E-state index contributed by atoms with van der Waals surface area (Å²) in [4.78, 5) is 22.2. The highest BCUT2D eigenvalue weighted by atomic mass is 32.1. The molecule has 0 saturated carbocycles. The Balaban J connectivity index is 2.50. The zero-order valence-corrected chi connectivity index (χ0v) is 10.3. The normalized spacial score (nSPS) is 13.8. The van der Waals surface area contributed by atoms with Crippen LogP contribution in [0.1, 0.15) is 5.56 Å². The van der Waals surface area contributed by atoms with Gasteiger partial charge in [0.1, 0.15) is 6.29 Å². The summed E-state index contributed by atoms with van der Waals surface area (Å²) in [6.07, 6.45) is 1.10. The molecule has 4 nitrogen and oxygen atoms in total. The van der Waals surface area contributed by atoms with E-state index in [4.69, 9.17) is 5.73 Å². The topological polar surface area (TPSA) is 72.2 Å². The van der Waals surface area contributed by atoms with Gasteiger partial charge < -0.3 is 15.8 Å². The van der Waals surface area contributed by atoms with Crippen LogP contribution in [0.4, 0.5) is 0 Å². The van der Waals surface area contributed by atoms with Crippen LogP contribution in [0.15, 0.2) is 30.3 Å². The second-order valence-electron chi connectivity index (χ2n) is 3.73. The molecule has 0 spiro atoms. The second-order valence-corrected chi connectivity index (χ2v) is 4.10. The van der Waals surface area contributed by atoms with Crippen molar-refractivity contribution >= 4 is 24.8 Å². The van der Waals surface area contributed by atoms with Crippen molar-refractivity contribution in [3.8, 4) is 0 Å². The van der Waals surface area contributed by atoms with Crippen LogP contribution in [0.2, 0.25) is 0 Å². The molecule has 0 aromatic heterocycles. The first-order valence-electron chi connectivity index (χ1n) is 5.33. The first-order chi connectivity index (χ1) is 8.17. The molecular formula is C12H16N2O2S. The molecule has 1 aromatic carbocycles. The number of hydrogen-bond acceptors (Lipinski definition) is 4. The number of aldehydes is 1. The maximum Gasteiger partial charge on any atom is 0.237 e. The van der Waals surface area contributed by atoms with E-state index in [9.17, 15) is 9.59 Å². The molecule has 0 radical (unpaired) electrons. The molecular weight excluding hydrogens is 236 g/mol. The molecule has 3 N–H and O–H groups in total. The van der Waals surface area contributed by atoms with Gasteiger partial charge in [-0.1, -0.05) is 30.3 Å². The number of nitrogens with one attached hydrogen (secondary N) is 1. The summed E-state index contributed by atoms with van der Waals surface area (Å²) in [5.41, 5.74) is 6.74. The van der Waals surface area contributed by atoms with Gasteiger partial charge in [-0.3, -0.25) is 4.79 Å². The van der Waals surface area contributed by atoms with E-state index in [1.165, 1.54) is 0 Å². The highest BCUT2D eigenvalue weighted by molar-refractivity contribution is 7.80. The molecule has 2 atom stereocenters. The van der Waals surface area contributed by atoms with Gasteiger partial charge in [-0.05, 0) is 12.0 Å². The summed E-state index contributed by atoms with van der Waals surface area (Å²) < 4.78 is 0. The van der Waals surface area contributed by atoms with Crippen molar-refractivity contribution < 1.29 is 9.59 Å². The van der Waals surface area contributed by atoms with Crippen LogP contribution in [-0.2, 0) is 16.0 Å². The van der Waals surface area contributed by atoms with Gasteiger partial charge in [0.05, 0.1) is 12.1 Å². The highest BCUT2D eigenvalue weighted by Gasteiger charge is 2.17. The van der Waals surface area contributed by atoms with Crippen LogP contribution in [0.25, 0.3) is 0 Å². The van der Waals surface area contributed by atoms with E-state index in [1.54, 1.807) is 0 Å². The van der Waals surface area contributed by atoms with Gasteiger partial charge in [-0.25, -0.2) is 0 Å². The number of rotatable bonds is 6. The Kier molecular flexibility index (Phi) is 5.72. The molecule has 92 valence electrons. The molecule has 17 heavy (non-hydrogen) atoms. The molecule has 5 heteroatoms. The Labute approximate surface area is 106 Å². The number of carbonyl (C=O) groups excluding carboxylic acids is 2. The fourth-order valence-electron chi connectivity index (χ4n) is 1.37. The summed E-state index contributed by atoms with van der Waals surface area (Å²) in [7, 11) is 0. The predicted molar refractivity (Wildman–Crippen MR) is 70.0 cm³/mol. The van der Waals surface area contributed by atoms with Gasteiger partial charge in [0.2, 0.25) is 5.91 Å². The van der Waals surface area contributed by atoms with Gasteiger partial charge >= 0.3 is 0 Å². The molecule has 0 aliphatic carbocycles. The molecule has 0 heterocycles. The lowest BCUT2D eigenvalue weighted by atomic mass is 10.1. The first kappa shape index (κ1) is 13.7. The lowest BCUT2D eigenvalue weighted by Gasteiger charge is -2.15. The Morgan fingerprint density at radius 1 is 1.41 bits per heavy atom. The van der Waals surface area contributed by atoms with E-state index in [0.29, 0.717) is 12.7 Å². The van der Waals surface area contributed by atoms with Crippen LogP contribution < -0.4 is 11.1 Å². The number of nitrogens with two attached hydrogens (primary N) is 1. The predicted octanol–water partition coefficient (Wildman–Crippen LogP) is 0.170. The van der Waals surface area contributed by atoms with Crippen LogP contribution in [-0.4, -0.2) is 30.0 Å². The average Bonchev–Trinajstić information content (AvgIpc) is 2.36. The standard InChI is InChI=1S/C12H16N2O2S/c13-11(6-9-4-2-1-3-5-9)12(16)14-10(7-15)8-17/h1-5,7,10-11,17H,6,8,13H2,(H,14,16)/t10-,11-/m1/s1. The Morgan fingerprint density at radius 3 is 2.59 bits per heavy atom. The fraction of sp³-hybridized carbons (Fsp3) is 0.333. The number of amides is 1. The maximum absolute atomic E-state index is 11.6. The highest BCUT2D eigenvalue weighted by Crippen LogP contribution is 2.02. The van der Waals surface area contributed by atoms with Crippen molar-refractivity contribution in [2.24, 2.45) is 5.73 Å². The van der Waals surface area contributed by atoms with E-state index in [1.807, 2.05) is 30.3 Å². The minimum Gasteiger partial charge on any atom is -0.344 e. The number of carbonyl (C=O) groups is 2. The van der Waals surface area contributed by atoms with Gasteiger partial charge in [0.25, 0.3) is 0 Å². The number of hydrogen-bond donors (Lipinski definition) is 3. The third-order valence-electron chi connectivity index (χ3n) is 2.32. The number of benzene rings is 1. The fourth-order valence-corrected chi connectivity index (χ4v) is 1.55. The van der Waals surface area contributed by atoms with Crippen molar-refractivity contribution in [3.05, 3.63) is 35.9 Å². The van der Waals surface area contributed by atoms with Gasteiger partial charge in [-0.15, -0.1) is 0 Å². The summed E-state index contributed by atoms with van der Waals surface area (Å²) >= 11 is 3.95. The minimum absolute atomic E-state index is 0.271. The molecule has 0 aliphatic heterocycles. The van der Waals surface area contributed by atoms with E-state index in [-0.39, 0.29) is 11.7 Å². The minimum atomic E-state index is -0.653. The Hall–Kier alpha value is -1.33. The summed E-state index contributed by atoms with van der Waals surface area (Å²) in [5.74, 6) is -0.0622. The van der Waals surface area contributed by atoms with Crippen LogP contribution in [0, 0.1) is 0 Å². The van der Waals surface area contributed by atoms with Gasteiger partial charge in [-0.2, -0.15) is 12.6 Å². The van der Waals surface area contributed by atoms with Gasteiger partial charge in [0.15, 0.2) is 0 Å². The largest absolute Gasteiger partial charge is 0.344 e. The zero-order valence-electron chi connectivity index (χ0n) is 9.37. The van der Waals surface area contributed by atoms with Crippen LogP contribution in [0.3, 0.4) is 0 Å². The first-order valence-corrected chi connectivity index (χ1v) is 5.96. The zero-order chi connectivity index (χ0) is 12.7. The number of thiol groups is 1. The van der Waals surface area contributed by atoms with E-state index in [2.05, 4.69) is 17.9 Å². The van der Waals surface area contributed by atoms with E-state index < -0.39 is 12.1 Å². The molecule has 0 aliphatic rings. The SMILES string of the molecule is N[C@H](Cc1ccccc1)C(=O)N[C@H](C=O)CS. The molecule has 0 unspecified atom stereocenters. The maximum atomic E-state index is 11.6. The van der Waals surface area contributed by atoms with E-state index in [0.717, 1.165) is 5.56 Å². The van der Waals surface area contributed by atoms with Crippen molar-refractivity contribution in [2.45, 2.75) is 18.5 Å². The summed E-state index contributed by atoms with van der Waals surface area (Å²) in [6, 6.07) is 8.26. The quantitative estimate of drug-likeness (QED) is 0.499. The van der Waals surface area contributed by atoms with Crippen molar-refractivity contribution in [1.82, 2.24) is 5.32 Å². The lowest BCUT2D eigenvalue weighted by molar-refractivity contribution is -0.124. The third-order valence-corrected chi connectivity index (χ3v) is 2.72. The summed E-state index contributed by atoms with van der Waals surface area (Å²) in [5, 5.41) is 2.53. The summed E-state index contributed by atoms with van der Waals surface area (Å²) in [6.45, 7) is 0.